The van der Waals surface area contributed by atoms with Crippen molar-refractivity contribution in [2.24, 2.45) is 11.8 Å². The number of sulfone groups is 1. The molecule has 0 bridgehead atoms. The van der Waals surface area contributed by atoms with E-state index in [9.17, 15) is 13.2 Å². The van der Waals surface area contributed by atoms with E-state index in [0.29, 0.717) is 17.9 Å². The minimum Gasteiger partial charge on any atom is -0.481 e. The Morgan fingerprint density at radius 1 is 1.24 bits per heavy atom. The minimum absolute atomic E-state index is 0.0270. The highest BCUT2D eigenvalue weighted by atomic mass is 32.2. The van der Waals surface area contributed by atoms with Crippen molar-refractivity contribution < 1.29 is 18.3 Å². The lowest BCUT2D eigenvalue weighted by Crippen LogP contribution is -2.27. The third-order valence-corrected chi connectivity index (χ3v) is 5.27. The topological polar surface area (TPSA) is 83.5 Å². The highest BCUT2D eigenvalue weighted by Crippen LogP contribution is 2.18. The quantitative estimate of drug-likeness (QED) is 0.771. The first-order valence-corrected chi connectivity index (χ1v) is 8.72. The van der Waals surface area contributed by atoms with Crippen molar-refractivity contribution in [1.82, 2.24) is 0 Å². The lowest BCUT2D eigenvalue weighted by molar-refractivity contribution is -0.142. The Hall–Kier alpha value is -1.56. The molecule has 6 heteroatoms. The number of benzene rings is 1. The second-order valence-electron chi connectivity index (χ2n) is 5.41. The summed E-state index contributed by atoms with van der Waals surface area (Å²) in [5.74, 6) is -1.15. The van der Waals surface area contributed by atoms with Gasteiger partial charge in [-0.3, -0.25) is 4.79 Å². The molecule has 1 aromatic rings. The lowest BCUT2D eigenvalue weighted by atomic mass is 9.96. The number of carboxylic acids is 1. The van der Waals surface area contributed by atoms with Crippen molar-refractivity contribution >= 4 is 21.5 Å². The highest BCUT2D eigenvalue weighted by Gasteiger charge is 2.21. The van der Waals surface area contributed by atoms with Gasteiger partial charge in [-0.1, -0.05) is 20.8 Å². The zero-order valence-electron chi connectivity index (χ0n) is 12.7. The van der Waals surface area contributed by atoms with Gasteiger partial charge in [-0.25, -0.2) is 8.42 Å². The first-order chi connectivity index (χ1) is 9.77. The van der Waals surface area contributed by atoms with Crippen LogP contribution in [0.4, 0.5) is 5.69 Å². The van der Waals surface area contributed by atoms with Gasteiger partial charge in [0.15, 0.2) is 9.84 Å². The first-order valence-electron chi connectivity index (χ1n) is 7.07. The van der Waals surface area contributed by atoms with Gasteiger partial charge in [0.05, 0.1) is 16.6 Å². The van der Waals surface area contributed by atoms with Gasteiger partial charge in [0.2, 0.25) is 0 Å². The maximum absolute atomic E-state index is 11.9. The van der Waals surface area contributed by atoms with Gasteiger partial charge < -0.3 is 10.4 Å². The molecule has 1 unspecified atom stereocenters. The van der Waals surface area contributed by atoms with E-state index in [1.54, 1.807) is 24.3 Å². The molecule has 0 aliphatic rings. The van der Waals surface area contributed by atoms with Crippen molar-refractivity contribution in [3.05, 3.63) is 24.3 Å². The molecule has 0 heterocycles. The van der Waals surface area contributed by atoms with Gasteiger partial charge in [-0.05, 0) is 36.6 Å². The predicted molar refractivity (Wildman–Crippen MR) is 83.2 cm³/mol. The van der Waals surface area contributed by atoms with Crippen LogP contribution >= 0.6 is 0 Å². The number of carboxylic acid groups (broad SMARTS) is 1. The van der Waals surface area contributed by atoms with Crippen LogP contribution in [0.3, 0.4) is 0 Å². The molecule has 2 N–H and O–H groups in total. The summed E-state index contributed by atoms with van der Waals surface area (Å²) in [4.78, 5) is 11.4. The molecule has 5 nitrogen and oxygen atoms in total. The van der Waals surface area contributed by atoms with Crippen LogP contribution in [0.5, 0.6) is 0 Å². The summed E-state index contributed by atoms with van der Waals surface area (Å²) in [6.45, 7) is 5.86. The molecule has 0 aliphatic carbocycles. The summed E-state index contributed by atoms with van der Waals surface area (Å²) < 4.78 is 23.8. The molecule has 0 spiro atoms. The molecule has 0 radical (unpaired) electrons. The van der Waals surface area contributed by atoms with Crippen LogP contribution in [0.2, 0.25) is 0 Å². The Morgan fingerprint density at radius 3 is 2.24 bits per heavy atom. The lowest BCUT2D eigenvalue weighted by Gasteiger charge is -2.17. The molecule has 0 aliphatic heterocycles. The summed E-state index contributed by atoms with van der Waals surface area (Å²) in [6, 6.07) is 6.44. The Bertz CT molecular complexity index is 564. The van der Waals surface area contributed by atoms with E-state index >= 15 is 0 Å². The zero-order chi connectivity index (χ0) is 16.0. The smallest absolute Gasteiger partial charge is 0.308 e. The Balaban J connectivity index is 2.73. The number of rotatable bonds is 8. The van der Waals surface area contributed by atoms with E-state index < -0.39 is 21.7 Å². The van der Waals surface area contributed by atoms with Gasteiger partial charge in [0, 0.05) is 12.2 Å². The third kappa shape index (κ3) is 5.04. The van der Waals surface area contributed by atoms with Crippen molar-refractivity contribution in [2.45, 2.75) is 32.1 Å². The van der Waals surface area contributed by atoms with Crippen LogP contribution in [-0.4, -0.2) is 31.8 Å². The summed E-state index contributed by atoms with van der Waals surface area (Å²) in [5.41, 5.74) is 0.720. The molecule has 1 aromatic carbocycles. The van der Waals surface area contributed by atoms with Crippen molar-refractivity contribution in [1.29, 1.82) is 0 Å². The Kier molecular flexibility index (Phi) is 6.20. The number of carbonyl (C=O) groups is 1. The van der Waals surface area contributed by atoms with Crippen LogP contribution in [0.1, 0.15) is 27.2 Å². The molecule has 1 atom stereocenters. The van der Waals surface area contributed by atoms with E-state index in [1.165, 1.54) is 0 Å². The number of anilines is 1. The summed E-state index contributed by atoms with van der Waals surface area (Å²) >= 11 is 0. The predicted octanol–water partition coefficient (Wildman–Crippen LogP) is 2.64. The summed E-state index contributed by atoms with van der Waals surface area (Å²) in [6.07, 6.45) is 0.580. The maximum atomic E-state index is 11.9. The zero-order valence-corrected chi connectivity index (χ0v) is 13.5. The fraction of sp³-hybridized carbons (Fsp3) is 0.533. The molecule has 21 heavy (non-hydrogen) atoms. The average molecular weight is 313 g/mol. The third-order valence-electron chi connectivity index (χ3n) is 3.33. The largest absolute Gasteiger partial charge is 0.481 e. The Labute approximate surface area is 126 Å². The second-order valence-corrected chi connectivity index (χ2v) is 7.52. The van der Waals surface area contributed by atoms with E-state index in [1.807, 2.05) is 20.8 Å². The minimum atomic E-state index is -3.21. The maximum Gasteiger partial charge on any atom is 0.308 e. The van der Waals surface area contributed by atoms with Crippen LogP contribution in [-0.2, 0) is 14.6 Å². The number of nitrogens with one attached hydrogen (secondary N) is 1. The molecule has 1 rings (SSSR count). The number of aliphatic carboxylic acids is 1. The molecule has 0 fully saturated rings. The van der Waals surface area contributed by atoms with Gasteiger partial charge >= 0.3 is 5.97 Å². The highest BCUT2D eigenvalue weighted by molar-refractivity contribution is 7.91. The molecule has 118 valence electrons. The van der Waals surface area contributed by atoms with Crippen molar-refractivity contribution in [2.75, 3.05) is 17.6 Å². The van der Waals surface area contributed by atoms with Crippen LogP contribution in [0.25, 0.3) is 0 Å². The standard InChI is InChI=1S/C15H23NO4S/c1-4-9-21(19,20)13-7-5-12(6-8-13)16-10-14(11(2)3)15(17)18/h5-8,11,14,16H,4,9-10H2,1-3H3,(H,17,18). The molecule has 0 amide bonds. The summed E-state index contributed by atoms with van der Waals surface area (Å²) in [5, 5.41) is 12.2. The fourth-order valence-electron chi connectivity index (χ4n) is 2.00. The van der Waals surface area contributed by atoms with E-state index in [4.69, 9.17) is 5.11 Å². The van der Waals surface area contributed by atoms with Crippen LogP contribution in [0, 0.1) is 11.8 Å². The Morgan fingerprint density at radius 2 is 1.81 bits per heavy atom. The van der Waals surface area contributed by atoms with Gasteiger partial charge in [-0.2, -0.15) is 0 Å². The molecule has 0 saturated heterocycles. The molecular weight excluding hydrogens is 290 g/mol. The summed E-state index contributed by atoms with van der Waals surface area (Å²) in [7, 11) is -3.21. The molecule has 0 saturated carbocycles. The van der Waals surface area contributed by atoms with Gasteiger partial charge in [-0.15, -0.1) is 0 Å². The molecule has 0 aromatic heterocycles. The van der Waals surface area contributed by atoms with Crippen molar-refractivity contribution in [3.63, 3.8) is 0 Å². The normalized spacial score (nSPS) is 13.1. The monoisotopic (exact) mass is 313 g/mol. The van der Waals surface area contributed by atoms with Gasteiger partial charge in [0.1, 0.15) is 0 Å². The number of hydrogen-bond acceptors (Lipinski definition) is 4. The number of hydrogen-bond donors (Lipinski definition) is 2. The van der Waals surface area contributed by atoms with E-state index in [-0.39, 0.29) is 11.7 Å². The molecular formula is C15H23NO4S. The fourth-order valence-corrected chi connectivity index (χ4v) is 3.33. The second kappa shape index (κ2) is 7.45. The van der Waals surface area contributed by atoms with Gasteiger partial charge in [0.25, 0.3) is 0 Å². The first kappa shape index (κ1) is 17.5. The van der Waals surface area contributed by atoms with E-state index in [0.717, 1.165) is 5.69 Å². The van der Waals surface area contributed by atoms with Crippen molar-refractivity contribution in [3.8, 4) is 0 Å². The van der Waals surface area contributed by atoms with Crippen LogP contribution in [0.15, 0.2) is 29.2 Å². The van der Waals surface area contributed by atoms with Crippen LogP contribution < -0.4 is 5.32 Å². The average Bonchev–Trinajstić information content (AvgIpc) is 2.38. The SMILES string of the molecule is CCCS(=O)(=O)c1ccc(NCC(C(=O)O)C(C)C)cc1. The van der Waals surface area contributed by atoms with E-state index in [2.05, 4.69) is 5.32 Å².